The lowest BCUT2D eigenvalue weighted by Crippen LogP contribution is -2.38. The summed E-state index contributed by atoms with van der Waals surface area (Å²) in [6.45, 7) is 0. The fraction of sp³-hybridized carbons (Fsp3) is 0.632. The van der Waals surface area contributed by atoms with Crippen LogP contribution >= 0.6 is 0 Å². The highest BCUT2D eigenvalue weighted by Crippen LogP contribution is 2.46. The second kappa shape index (κ2) is 7.47. The van der Waals surface area contributed by atoms with E-state index in [-0.39, 0.29) is 29.4 Å². The summed E-state index contributed by atoms with van der Waals surface area (Å²) in [4.78, 5) is 14.4. The molecule has 1 aromatic carbocycles. The number of carbonyl (C=O) groups excluding carboxylic acids is 1. The van der Waals surface area contributed by atoms with Gasteiger partial charge in [-0.1, -0.05) is 6.07 Å². The molecule has 2 atom stereocenters. The van der Waals surface area contributed by atoms with Gasteiger partial charge in [0, 0.05) is 19.5 Å². The van der Waals surface area contributed by atoms with Gasteiger partial charge in [0.1, 0.15) is 0 Å². The number of amides is 1. The molecule has 1 saturated carbocycles. The van der Waals surface area contributed by atoms with E-state index in [0.29, 0.717) is 30.3 Å². The summed E-state index contributed by atoms with van der Waals surface area (Å²) >= 11 is 0. The predicted molar refractivity (Wildman–Crippen MR) is 99.5 cm³/mol. The van der Waals surface area contributed by atoms with Gasteiger partial charge in [-0.05, 0) is 48.8 Å². The van der Waals surface area contributed by atoms with Crippen LogP contribution in [-0.4, -0.2) is 58.0 Å². The molecule has 1 saturated heterocycles. The molecule has 6 nitrogen and oxygen atoms in total. The summed E-state index contributed by atoms with van der Waals surface area (Å²) in [5.74, 6) is 2.24. The van der Waals surface area contributed by atoms with Crippen molar-refractivity contribution in [3.8, 4) is 11.5 Å². The minimum atomic E-state index is -3.00. The predicted octanol–water partition coefficient (Wildman–Crippen LogP) is 2.23. The Morgan fingerprint density at radius 1 is 1.19 bits per heavy atom. The molecule has 7 heteroatoms. The molecule has 144 valence electrons. The molecule has 2 unspecified atom stereocenters. The first-order chi connectivity index (χ1) is 12.3. The molecular weight excluding hydrogens is 354 g/mol. The van der Waals surface area contributed by atoms with Gasteiger partial charge in [0.25, 0.3) is 0 Å². The van der Waals surface area contributed by atoms with Crippen LogP contribution in [0.1, 0.15) is 37.2 Å². The monoisotopic (exact) mass is 381 g/mol. The van der Waals surface area contributed by atoms with Crippen LogP contribution in [0, 0.1) is 5.92 Å². The number of nitrogens with zero attached hydrogens (tertiary/aromatic N) is 1. The van der Waals surface area contributed by atoms with E-state index in [2.05, 4.69) is 0 Å². The van der Waals surface area contributed by atoms with Crippen LogP contribution in [0.15, 0.2) is 18.2 Å². The highest BCUT2D eigenvalue weighted by molar-refractivity contribution is 7.91. The Morgan fingerprint density at radius 3 is 2.42 bits per heavy atom. The van der Waals surface area contributed by atoms with E-state index in [0.717, 1.165) is 18.4 Å². The lowest BCUT2D eigenvalue weighted by atomic mass is 9.90. The van der Waals surface area contributed by atoms with Crippen molar-refractivity contribution in [1.29, 1.82) is 0 Å². The number of benzene rings is 1. The second-order valence-electron chi connectivity index (χ2n) is 7.32. The lowest BCUT2D eigenvalue weighted by molar-refractivity contribution is -0.132. The van der Waals surface area contributed by atoms with Crippen molar-refractivity contribution < 1.29 is 22.7 Å². The molecule has 1 aromatic rings. The van der Waals surface area contributed by atoms with Gasteiger partial charge in [0.15, 0.2) is 21.3 Å². The molecule has 1 amide bonds. The van der Waals surface area contributed by atoms with Crippen LogP contribution in [0.5, 0.6) is 11.5 Å². The fourth-order valence-electron chi connectivity index (χ4n) is 3.76. The van der Waals surface area contributed by atoms with Crippen molar-refractivity contribution in [3.63, 3.8) is 0 Å². The van der Waals surface area contributed by atoms with Crippen LogP contribution in [-0.2, 0) is 14.6 Å². The van der Waals surface area contributed by atoms with Gasteiger partial charge in [-0.25, -0.2) is 8.42 Å². The maximum atomic E-state index is 12.8. The van der Waals surface area contributed by atoms with Crippen LogP contribution in [0.3, 0.4) is 0 Å². The van der Waals surface area contributed by atoms with Crippen LogP contribution in [0.25, 0.3) is 0 Å². The second-order valence-corrected chi connectivity index (χ2v) is 9.55. The van der Waals surface area contributed by atoms with Crippen LogP contribution < -0.4 is 9.47 Å². The molecule has 2 aliphatic rings. The third-order valence-corrected chi connectivity index (χ3v) is 7.32. The van der Waals surface area contributed by atoms with E-state index in [1.165, 1.54) is 0 Å². The molecule has 0 radical (unpaired) electrons. The Bertz CT molecular complexity index is 772. The molecule has 0 N–H and O–H groups in total. The van der Waals surface area contributed by atoms with Crippen LogP contribution in [0.4, 0.5) is 0 Å². The summed E-state index contributed by atoms with van der Waals surface area (Å²) in [6.07, 6.45) is 3.17. The van der Waals surface area contributed by atoms with Gasteiger partial charge >= 0.3 is 0 Å². The summed E-state index contributed by atoms with van der Waals surface area (Å²) in [6, 6.07) is 5.63. The third-order valence-electron chi connectivity index (χ3n) is 5.57. The maximum absolute atomic E-state index is 12.8. The SMILES string of the molecule is COc1ccc(C(CC(=O)N(C)C2CCS(=O)(=O)C2)C2CC2)cc1OC. The molecule has 0 aromatic heterocycles. The van der Waals surface area contributed by atoms with Crippen molar-refractivity contribution in [1.82, 2.24) is 4.90 Å². The average molecular weight is 381 g/mol. The first-order valence-corrected chi connectivity index (χ1v) is 10.8. The number of sulfone groups is 1. The first kappa shape index (κ1) is 19.0. The highest BCUT2D eigenvalue weighted by atomic mass is 32.2. The van der Waals surface area contributed by atoms with Crippen molar-refractivity contribution in [2.75, 3.05) is 32.8 Å². The minimum Gasteiger partial charge on any atom is -0.493 e. The Balaban J connectivity index is 1.74. The average Bonchev–Trinajstić information content (AvgIpc) is 3.40. The van der Waals surface area contributed by atoms with E-state index in [4.69, 9.17) is 9.47 Å². The lowest BCUT2D eigenvalue weighted by Gasteiger charge is -2.26. The molecule has 1 aliphatic heterocycles. The number of carbonyl (C=O) groups is 1. The zero-order valence-corrected chi connectivity index (χ0v) is 16.4. The van der Waals surface area contributed by atoms with Crippen molar-refractivity contribution >= 4 is 15.7 Å². The minimum absolute atomic E-state index is 0.0128. The molecule has 2 fully saturated rings. The molecule has 26 heavy (non-hydrogen) atoms. The number of methoxy groups -OCH3 is 2. The third kappa shape index (κ3) is 4.14. The smallest absolute Gasteiger partial charge is 0.223 e. The summed E-state index contributed by atoms with van der Waals surface area (Å²) < 4.78 is 34.1. The van der Waals surface area contributed by atoms with E-state index >= 15 is 0 Å². The standard InChI is InChI=1S/C19H27NO5S/c1-20(15-8-9-26(22,23)12-15)19(21)11-16(13-4-5-13)14-6-7-17(24-2)18(10-14)25-3/h6-7,10,13,15-16H,4-5,8-9,11-12H2,1-3H3. The Labute approximate surface area is 155 Å². The molecule has 1 heterocycles. The van der Waals surface area contributed by atoms with E-state index in [1.54, 1.807) is 26.2 Å². The van der Waals surface area contributed by atoms with Gasteiger partial charge in [-0.3, -0.25) is 4.79 Å². The van der Waals surface area contributed by atoms with E-state index in [9.17, 15) is 13.2 Å². The van der Waals surface area contributed by atoms with Crippen LogP contribution in [0.2, 0.25) is 0 Å². The van der Waals surface area contributed by atoms with Gasteiger partial charge in [-0.15, -0.1) is 0 Å². The number of rotatable bonds is 7. The summed E-state index contributed by atoms with van der Waals surface area (Å²) in [5.41, 5.74) is 1.07. The summed E-state index contributed by atoms with van der Waals surface area (Å²) in [5, 5.41) is 0. The fourth-order valence-corrected chi connectivity index (χ4v) is 5.53. The van der Waals surface area contributed by atoms with Crippen molar-refractivity contribution in [3.05, 3.63) is 23.8 Å². The molecule has 1 aliphatic carbocycles. The Morgan fingerprint density at radius 2 is 1.88 bits per heavy atom. The topological polar surface area (TPSA) is 72.9 Å². The molecule has 0 bridgehead atoms. The van der Waals surface area contributed by atoms with E-state index < -0.39 is 9.84 Å². The van der Waals surface area contributed by atoms with Gasteiger partial charge in [-0.2, -0.15) is 0 Å². The Hall–Kier alpha value is -1.76. The van der Waals surface area contributed by atoms with Gasteiger partial charge in [0.05, 0.1) is 25.7 Å². The van der Waals surface area contributed by atoms with Crippen molar-refractivity contribution in [2.24, 2.45) is 5.92 Å². The highest BCUT2D eigenvalue weighted by Gasteiger charge is 2.37. The van der Waals surface area contributed by atoms with Gasteiger partial charge in [0.2, 0.25) is 5.91 Å². The largest absolute Gasteiger partial charge is 0.493 e. The zero-order valence-electron chi connectivity index (χ0n) is 15.6. The van der Waals surface area contributed by atoms with E-state index in [1.807, 2.05) is 18.2 Å². The number of hydrogen-bond acceptors (Lipinski definition) is 5. The molecule has 3 rings (SSSR count). The molecular formula is C19H27NO5S. The van der Waals surface area contributed by atoms with Crippen molar-refractivity contribution in [2.45, 2.75) is 37.6 Å². The Kier molecular flexibility index (Phi) is 5.46. The first-order valence-electron chi connectivity index (χ1n) is 9.02. The number of hydrogen-bond donors (Lipinski definition) is 0. The summed E-state index contributed by atoms with van der Waals surface area (Å²) in [7, 11) is 1.93. The quantitative estimate of drug-likeness (QED) is 0.724. The normalized spacial score (nSPS) is 22.7. The molecule has 0 spiro atoms. The maximum Gasteiger partial charge on any atom is 0.223 e. The van der Waals surface area contributed by atoms with Gasteiger partial charge < -0.3 is 14.4 Å². The zero-order chi connectivity index (χ0) is 18.9. The number of ether oxygens (including phenoxy) is 2.